The summed E-state index contributed by atoms with van der Waals surface area (Å²) in [7, 11) is 0. The van der Waals surface area contributed by atoms with Crippen LogP contribution in [0.3, 0.4) is 0 Å². The minimum Gasteiger partial charge on any atom is -0.459 e. The standard InChI is InChI=1S/C19H21N3O4/c23-17(9-10-20-18(24)16-4-3-13-26-16)21-15-7-5-14(6-8-15)19(25)22-11-1-2-12-22/h3-8,13H,1-2,9-12H2,(H,20,24)(H,21,23). The summed E-state index contributed by atoms with van der Waals surface area (Å²) in [5.41, 5.74) is 1.24. The van der Waals surface area contributed by atoms with Crippen molar-refractivity contribution in [2.75, 3.05) is 25.0 Å². The normalized spacial score (nSPS) is 13.5. The zero-order chi connectivity index (χ0) is 18.4. The van der Waals surface area contributed by atoms with Crippen LogP contribution in [0.4, 0.5) is 5.69 Å². The van der Waals surface area contributed by atoms with Gasteiger partial charge in [0, 0.05) is 37.3 Å². The summed E-state index contributed by atoms with van der Waals surface area (Å²) in [6, 6.07) is 10.0. The van der Waals surface area contributed by atoms with E-state index in [0.717, 1.165) is 25.9 Å². The third kappa shape index (κ3) is 4.50. The summed E-state index contributed by atoms with van der Waals surface area (Å²) < 4.78 is 4.97. The average molecular weight is 355 g/mol. The van der Waals surface area contributed by atoms with Gasteiger partial charge < -0.3 is 20.0 Å². The van der Waals surface area contributed by atoms with Crippen LogP contribution in [0, 0.1) is 0 Å². The highest BCUT2D eigenvalue weighted by atomic mass is 16.3. The number of benzene rings is 1. The van der Waals surface area contributed by atoms with Crippen LogP contribution >= 0.6 is 0 Å². The maximum atomic E-state index is 12.3. The molecule has 2 N–H and O–H groups in total. The molecule has 1 aliphatic heterocycles. The van der Waals surface area contributed by atoms with Crippen LogP contribution in [0.2, 0.25) is 0 Å². The number of hydrogen-bond donors (Lipinski definition) is 2. The molecule has 0 radical (unpaired) electrons. The van der Waals surface area contributed by atoms with Gasteiger partial charge in [-0.05, 0) is 49.2 Å². The van der Waals surface area contributed by atoms with E-state index in [4.69, 9.17) is 4.42 Å². The minimum atomic E-state index is -0.354. The van der Waals surface area contributed by atoms with Gasteiger partial charge in [0.25, 0.3) is 11.8 Å². The molecule has 0 saturated carbocycles. The van der Waals surface area contributed by atoms with Gasteiger partial charge in [-0.3, -0.25) is 14.4 Å². The Balaban J connectivity index is 1.44. The summed E-state index contributed by atoms with van der Waals surface area (Å²) in [6.45, 7) is 1.82. The molecule has 136 valence electrons. The van der Waals surface area contributed by atoms with Crippen LogP contribution in [0.1, 0.15) is 40.2 Å². The minimum absolute atomic E-state index is 0.0287. The van der Waals surface area contributed by atoms with Gasteiger partial charge in [0.2, 0.25) is 5.91 Å². The topological polar surface area (TPSA) is 91.6 Å². The van der Waals surface area contributed by atoms with Gasteiger partial charge in [-0.2, -0.15) is 0 Å². The maximum Gasteiger partial charge on any atom is 0.286 e. The fourth-order valence-electron chi connectivity index (χ4n) is 2.81. The van der Waals surface area contributed by atoms with Crippen LogP contribution < -0.4 is 10.6 Å². The fourth-order valence-corrected chi connectivity index (χ4v) is 2.81. The Bertz CT molecular complexity index is 763. The van der Waals surface area contributed by atoms with Crippen LogP contribution in [-0.4, -0.2) is 42.3 Å². The number of rotatable bonds is 6. The van der Waals surface area contributed by atoms with E-state index in [-0.39, 0.29) is 36.4 Å². The Morgan fingerprint density at radius 3 is 2.42 bits per heavy atom. The lowest BCUT2D eigenvalue weighted by Gasteiger charge is -2.15. The number of nitrogens with one attached hydrogen (secondary N) is 2. The van der Waals surface area contributed by atoms with Gasteiger partial charge in [-0.15, -0.1) is 0 Å². The van der Waals surface area contributed by atoms with Gasteiger partial charge in [0.05, 0.1) is 6.26 Å². The number of anilines is 1. The molecule has 1 saturated heterocycles. The number of nitrogens with zero attached hydrogens (tertiary/aromatic N) is 1. The quantitative estimate of drug-likeness (QED) is 0.831. The summed E-state index contributed by atoms with van der Waals surface area (Å²) in [6.07, 6.45) is 3.66. The number of likely N-dealkylation sites (tertiary alicyclic amines) is 1. The van der Waals surface area contributed by atoms with E-state index < -0.39 is 0 Å². The molecule has 1 aromatic heterocycles. The fraction of sp³-hybridized carbons (Fsp3) is 0.316. The molecule has 0 bridgehead atoms. The van der Waals surface area contributed by atoms with Crippen LogP contribution in [-0.2, 0) is 4.79 Å². The molecule has 0 aliphatic carbocycles. The van der Waals surface area contributed by atoms with Crippen molar-refractivity contribution in [1.29, 1.82) is 0 Å². The number of carbonyl (C=O) groups excluding carboxylic acids is 3. The predicted molar refractivity (Wildman–Crippen MR) is 95.9 cm³/mol. The van der Waals surface area contributed by atoms with Gasteiger partial charge in [0.1, 0.15) is 0 Å². The lowest BCUT2D eigenvalue weighted by atomic mass is 10.2. The first kappa shape index (κ1) is 17.7. The van der Waals surface area contributed by atoms with Crippen LogP contribution in [0.5, 0.6) is 0 Å². The summed E-state index contributed by atoms with van der Waals surface area (Å²) >= 11 is 0. The summed E-state index contributed by atoms with van der Waals surface area (Å²) in [5, 5.41) is 5.36. The zero-order valence-electron chi connectivity index (χ0n) is 14.4. The first-order chi connectivity index (χ1) is 12.6. The highest BCUT2D eigenvalue weighted by Crippen LogP contribution is 2.15. The highest BCUT2D eigenvalue weighted by Gasteiger charge is 2.19. The molecule has 0 spiro atoms. The van der Waals surface area contributed by atoms with Crippen molar-refractivity contribution in [3.8, 4) is 0 Å². The molecule has 0 atom stereocenters. The molecule has 3 rings (SSSR count). The molecule has 3 amide bonds. The van der Waals surface area contributed by atoms with Crippen LogP contribution in [0.25, 0.3) is 0 Å². The van der Waals surface area contributed by atoms with Crippen molar-refractivity contribution in [3.05, 3.63) is 54.0 Å². The molecule has 7 heteroatoms. The Morgan fingerprint density at radius 1 is 1.04 bits per heavy atom. The molecule has 0 unspecified atom stereocenters. The van der Waals surface area contributed by atoms with E-state index in [1.165, 1.54) is 6.26 Å². The average Bonchev–Trinajstić information content (AvgIpc) is 3.35. The molecule has 1 fully saturated rings. The summed E-state index contributed by atoms with van der Waals surface area (Å²) in [5.74, 6) is -0.333. The molecule has 2 aromatic rings. The zero-order valence-corrected chi connectivity index (χ0v) is 14.4. The SMILES string of the molecule is O=C(CCNC(=O)c1ccco1)Nc1ccc(C(=O)N2CCCC2)cc1. The van der Waals surface area contributed by atoms with Crippen LogP contribution in [0.15, 0.2) is 47.1 Å². The van der Waals surface area contributed by atoms with E-state index in [1.54, 1.807) is 36.4 Å². The van der Waals surface area contributed by atoms with Crippen molar-refractivity contribution in [2.45, 2.75) is 19.3 Å². The first-order valence-corrected chi connectivity index (χ1v) is 8.64. The van der Waals surface area contributed by atoms with Crippen molar-refractivity contribution < 1.29 is 18.8 Å². The van der Waals surface area contributed by atoms with Crippen molar-refractivity contribution in [3.63, 3.8) is 0 Å². The van der Waals surface area contributed by atoms with Gasteiger partial charge in [-0.25, -0.2) is 0 Å². The van der Waals surface area contributed by atoms with E-state index in [1.807, 2.05) is 4.90 Å². The van der Waals surface area contributed by atoms with E-state index in [9.17, 15) is 14.4 Å². The monoisotopic (exact) mass is 355 g/mol. The molecule has 26 heavy (non-hydrogen) atoms. The molecule has 1 aliphatic rings. The highest BCUT2D eigenvalue weighted by molar-refractivity contribution is 5.96. The lowest BCUT2D eigenvalue weighted by Crippen LogP contribution is -2.28. The third-order valence-electron chi connectivity index (χ3n) is 4.19. The maximum absolute atomic E-state index is 12.3. The van der Waals surface area contributed by atoms with E-state index in [2.05, 4.69) is 10.6 Å². The molecular formula is C19H21N3O4. The number of hydrogen-bond acceptors (Lipinski definition) is 4. The van der Waals surface area contributed by atoms with Gasteiger partial charge >= 0.3 is 0 Å². The second-order valence-corrected chi connectivity index (χ2v) is 6.11. The molecule has 7 nitrogen and oxygen atoms in total. The van der Waals surface area contributed by atoms with E-state index >= 15 is 0 Å². The molecular weight excluding hydrogens is 334 g/mol. The number of furan rings is 1. The number of carbonyl (C=O) groups is 3. The van der Waals surface area contributed by atoms with E-state index in [0.29, 0.717) is 11.3 Å². The smallest absolute Gasteiger partial charge is 0.286 e. The molecule has 1 aromatic carbocycles. The second-order valence-electron chi connectivity index (χ2n) is 6.11. The predicted octanol–water partition coefficient (Wildman–Crippen LogP) is 2.27. The summed E-state index contributed by atoms with van der Waals surface area (Å²) in [4.78, 5) is 37.7. The number of amides is 3. The lowest BCUT2D eigenvalue weighted by molar-refractivity contribution is -0.116. The largest absolute Gasteiger partial charge is 0.459 e. The van der Waals surface area contributed by atoms with Gasteiger partial charge in [-0.1, -0.05) is 0 Å². The Morgan fingerprint density at radius 2 is 1.77 bits per heavy atom. The molecule has 2 heterocycles. The Labute approximate surface area is 151 Å². The van der Waals surface area contributed by atoms with Crippen molar-refractivity contribution in [2.24, 2.45) is 0 Å². The second kappa shape index (κ2) is 8.33. The van der Waals surface area contributed by atoms with Crippen molar-refractivity contribution in [1.82, 2.24) is 10.2 Å². The Hall–Kier alpha value is -3.09. The Kier molecular flexibility index (Phi) is 5.68. The van der Waals surface area contributed by atoms with Crippen molar-refractivity contribution >= 4 is 23.4 Å². The van der Waals surface area contributed by atoms with Gasteiger partial charge in [0.15, 0.2) is 5.76 Å². The third-order valence-corrected chi connectivity index (χ3v) is 4.19. The first-order valence-electron chi connectivity index (χ1n) is 8.64.